The molecule has 0 unspecified atom stereocenters. The largest absolute Gasteiger partial charge is 0.385 e. The standard InChI is InChI=1S/C14H21N3O2/c1-3-15-12-7-13(9-14(8-12)17(18)19)16(2)10-11-5-4-6-11/h7-9,11,15H,3-6,10H2,1-2H3. The van der Waals surface area contributed by atoms with Gasteiger partial charge in [0.15, 0.2) is 0 Å². The lowest BCUT2D eigenvalue weighted by molar-refractivity contribution is -0.384. The maximum absolute atomic E-state index is 11.0. The summed E-state index contributed by atoms with van der Waals surface area (Å²) in [6, 6.07) is 5.22. The first kappa shape index (κ1) is 13.6. The van der Waals surface area contributed by atoms with Crippen LogP contribution in [0.25, 0.3) is 0 Å². The van der Waals surface area contributed by atoms with E-state index >= 15 is 0 Å². The third kappa shape index (κ3) is 3.36. The van der Waals surface area contributed by atoms with Crippen molar-refractivity contribution in [2.45, 2.75) is 26.2 Å². The summed E-state index contributed by atoms with van der Waals surface area (Å²) >= 11 is 0. The number of hydrogen-bond acceptors (Lipinski definition) is 4. The number of nitrogens with one attached hydrogen (secondary N) is 1. The van der Waals surface area contributed by atoms with E-state index in [9.17, 15) is 10.1 Å². The van der Waals surface area contributed by atoms with E-state index in [-0.39, 0.29) is 10.6 Å². The maximum Gasteiger partial charge on any atom is 0.273 e. The van der Waals surface area contributed by atoms with Crippen LogP contribution in [0.1, 0.15) is 26.2 Å². The summed E-state index contributed by atoms with van der Waals surface area (Å²) in [7, 11) is 2.01. The van der Waals surface area contributed by atoms with Gasteiger partial charge in [-0.25, -0.2) is 0 Å². The van der Waals surface area contributed by atoms with Crippen molar-refractivity contribution in [3.63, 3.8) is 0 Å². The second-order valence-corrected chi connectivity index (χ2v) is 5.20. The third-order valence-electron chi connectivity index (χ3n) is 3.69. The predicted octanol–water partition coefficient (Wildman–Crippen LogP) is 3.26. The Balaban J connectivity index is 2.18. The molecule has 1 fully saturated rings. The molecule has 19 heavy (non-hydrogen) atoms. The minimum Gasteiger partial charge on any atom is -0.385 e. The molecule has 1 aliphatic carbocycles. The molecule has 1 N–H and O–H groups in total. The van der Waals surface area contributed by atoms with E-state index in [4.69, 9.17) is 0 Å². The molecule has 1 saturated carbocycles. The van der Waals surface area contributed by atoms with Crippen LogP contribution < -0.4 is 10.2 Å². The van der Waals surface area contributed by atoms with Crippen LogP contribution >= 0.6 is 0 Å². The van der Waals surface area contributed by atoms with E-state index in [0.717, 1.165) is 30.4 Å². The zero-order valence-corrected chi connectivity index (χ0v) is 11.6. The molecule has 1 aromatic rings. The van der Waals surface area contributed by atoms with Crippen molar-refractivity contribution in [3.8, 4) is 0 Å². The Hall–Kier alpha value is -1.78. The summed E-state index contributed by atoms with van der Waals surface area (Å²) in [5.41, 5.74) is 1.87. The number of rotatable bonds is 6. The van der Waals surface area contributed by atoms with Crippen molar-refractivity contribution in [2.75, 3.05) is 30.4 Å². The molecule has 0 spiro atoms. The maximum atomic E-state index is 11.0. The Kier molecular flexibility index (Phi) is 4.24. The molecule has 5 heteroatoms. The van der Waals surface area contributed by atoms with Crippen LogP contribution in [0.15, 0.2) is 18.2 Å². The lowest BCUT2D eigenvalue weighted by Crippen LogP contribution is -2.29. The van der Waals surface area contributed by atoms with Gasteiger partial charge in [-0.15, -0.1) is 0 Å². The number of nitro benzene ring substituents is 1. The second kappa shape index (κ2) is 5.91. The summed E-state index contributed by atoms with van der Waals surface area (Å²) in [6.07, 6.45) is 3.87. The van der Waals surface area contributed by atoms with Crippen LogP contribution in [0.4, 0.5) is 17.1 Å². The minimum atomic E-state index is -0.332. The van der Waals surface area contributed by atoms with Gasteiger partial charge in [0.2, 0.25) is 0 Å². The van der Waals surface area contributed by atoms with Crippen molar-refractivity contribution in [1.29, 1.82) is 0 Å². The second-order valence-electron chi connectivity index (χ2n) is 5.20. The van der Waals surface area contributed by atoms with E-state index in [1.165, 1.54) is 19.3 Å². The molecule has 2 rings (SSSR count). The van der Waals surface area contributed by atoms with Crippen LogP contribution in [0.2, 0.25) is 0 Å². The fraction of sp³-hybridized carbons (Fsp3) is 0.571. The van der Waals surface area contributed by atoms with Crippen LogP contribution in [-0.4, -0.2) is 25.1 Å². The first-order chi connectivity index (χ1) is 9.10. The van der Waals surface area contributed by atoms with Gasteiger partial charge in [-0.05, 0) is 31.7 Å². The van der Waals surface area contributed by atoms with Gasteiger partial charge in [-0.3, -0.25) is 10.1 Å². The molecule has 0 saturated heterocycles. The van der Waals surface area contributed by atoms with Gasteiger partial charge in [-0.1, -0.05) is 6.42 Å². The third-order valence-corrected chi connectivity index (χ3v) is 3.69. The molecule has 0 atom stereocenters. The molecular formula is C14H21N3O2. The van der Waals surface area contributed by atoms with Gasteiger partial charge >= 0.3 is 0 Å². The SMILES string of the molecule is CCNc1cc(N(C)CC2CCC2)cc([N+](=O)[O-])c1. The van der Waals surface area contributed by atoms with Gasteiger partial charge in [-0.2, -0.15) is 0 Å². The number of non-ortho nitro benzene ring substituents is 1. The minimum absolute atomic E-state index is 0.147. The fourth-order valence-electron chi connectivity index (χ4n) is 2.40. The van der Waals surface area contributed by atoms with E-state index < -0.39 is 0 Å². The van der Waals surface area contributed by atoms with Gasteiger partial charge in [0, 0.05) is 43.6 Å². The quantitative estimate of drug-likeness (QED) is 0.632. The highest BCUT2D eigenvalue weighted by Gasteiger charge is 2.20. The molecule has 0 radical (unpaired) electrons. The first-order valence-electron chi connectivity index (χ1n) is 6.84. The van der Waals surface area contributed by atoms with Crippen LogP contribution in [0.5, 0.6) is 0 Å². The number of nitrogens with zero attached hydrogens (tertiary/aromatic N) is 2. The number of nitro groups is 1. The molecule has 104 valence electrons. The Morgan fingerprint density at radius 3 is 2.68 bits per heavy atom. The fourth-order valence-corrected chi connectivity index (χ4v) is 2.40. The molecule has 1 aromatic carbocycles. The normalized spacial score (nSPS) is 14.8. The van der Waals surface area contributed by atoms with Crippen molar-refractivity contribution in [3.05, 3.63) is 28.3 Å². The average Bonchev–Trinajstić information content (AvgIpc) is 2.33. The van der Waals surface area contributed by atoms with Gasteiger partial charge in [0.25, 0.3) is 5.69 Å². The summed E-state index contributed by atoms with van der Waals surface area (Å²) < 4.78 is 0. The Morgan fingerprint density at radius 2 is 2.16 bits per heavy atom. The Bertz CT molecular complexity index is 458. The van der Waals surface area contributed by atoms with E-state index in [0.29, 0.717) is 0 Å². The zero-order chi connectivity index (χ0) is 13.8. The molecule has 0 bridgehead atoms. The topological polar surface area (TPSA) is 58.4 Å². The Morgan fingerprint density at radius 1 is 1.42 bits per heavy atom. The van der Waals surface area contributed by atoms with Gasteiger partial charge in [0.05, 0.1) is 4.92 Å². The smallest absolute Gasteiger partial charge is 0.273 e. The van der Waals surface area contributed by atoms with E-state index in [1.54, 1.807) is 12.1 Å². The van der Waals surface area contributed by atoms with Crippen molar-refractivity contribution in [2.24, 2.45) is 5.92 Å². The van der Waals surface area contributed by atoms with Crippen molar-refractivity contribution < 1.29 is 4.92 Å². The monoisotopic (exact) mass is 263 g/mol. The molecule has 1 aliphatic rings. The summed E-state index contributed by atoms with van der Waals surface area (Å²) in [5, 5.41) is 14.1. The average molecular weight is 263 g/mol. The first-order valence-corrected chi connectivity index (χ1v) is 6.84. The lowest BCUT2D eigenvalue weighted by atomic mass is 9.85. The number of hydrogen-bond donors (Lipinski definition) is 1. The van der Waals surface area contributed by atoms with E-state index in [2.05, 4.69) is 10.2 Å². The van der Waals surface area contributed by atoms with Crippen molar-refractivity contribution in [1.82, 2.24) is 0 Å². The summed E-state index contributed by atoms with van der Waals surface area (Å²) in [5.74, 6) is 0.742. The van der Waals surface area contributed by atoms with Crippen LogP contribution in [-0.2, 0) is 0 Å². The van der Waals surface area contributed by atoms with Crippen LogP contribution in [0, 0.1) is 16.0 Å². The molecular weight excluding hydrogens is 242 g/mol. The molecule has 5 nitrogen and oxygen atoms in total. The van der Waals surface area contributed by atoms with Crippen molar-refractivity contribution >= 4 is 17.1 Å². The highest BCUT2D eigenvalue weighted by atomic mass is 16.6. The number of benzene rings is 1. The molecule has 0 aromatic heterocycles. The van der Waals surface area contributed by atoms with Gasteiger partial charge in [0.1, 0.15) is 0 Å². The highest BCUT2D eigenvalue weighted by Crippen LogP contribution is 2.31. The lowest BCUT2D eigenvalue weighted by Gasteiger charge is -2.31. The zero-order valence-electron chi connectivity index (χ0n) is 11.6. The highest BCUT2D eigenvalue weighted by molar-refractivity contribution is 5.64. The number of anilines is 2. The van der Waals surface area contributed by atoms with Gasteiger partial charge < -0.3 is 10.2 Å². The Labute approximate surface area is 113 Å². The van der Waals surface area contributed by atoms with Crippen LogP contribution in [0.3, 0.4) is 0 Å². The molecule has 0 amide bonds. The predicted molar refractivity (Wildman–Crippen MR) is 77.9 cm³/mol. The summed E-state index contributed by atoms with van der Waals surface area (Å²) in [6.45, 7) is 3.72. The summed E-state index contributed by atoms with van der Waals surface area (Å²) in [4.78, 5) is 12.8. The molecule has 0 aliphatic heterocycles. The van der Waals surface area contributed by atoms with E-state index in [1.807, 2.05) is 20.0 Å². The molecule has 0 heterocycles.